The molecule has 1 aromatic carbocycles. The first-order chi connectivity index (χ1) is 11.6. The molecule has 0 unspecified atom stereocenters. The van der Waals surface area contributed by atoms with Gasteiger partial charge < -0.3 is 19.5 Å². The molecule has 6 nitrogen and oxygen atoms in total. The van der Waals surface area contributed by atoms with E-state index in [-0.39, 0.29) is 17.6 Å². The third-order valence-electron chi connectivity index (χ3n) is 3.97. The van der Waals surface area contributed by atoms with E-state index in [4.69, 9.17) is 14.6 Å². The summed E-state index contributed by atoms with van der Waals surface area (Å²) in [6, 6.07) is 6.41. The second-order valence-electron chi connectivity index (χ2n) is 5.65. The molecule has 0 radical (unpaired) electrons. The zero-order chi connectivity index (χ0) is 17.4. The summed E-state index contributed by atoms with van der Waals surface area (Å²) >= 11 is 0. The van der Waals surface area contributed by atoms with Crippen molar-refractivity contribution in [3.05, 3.63) is 41.5 Å². The van der Waals surface area contributed by atoms with Gasteiger partial charge in [0.2, 0.25) is 5.91 Å². The molecule has 0 atom stereocenters. The molecular weight excluding hydrogens is 310 g/mol. The normalized spacial score (nSPS) is 15.8. The van der Waals surface area contributed by atoms with Gasteiger partial charge in [-0.1, -0.05) is 12.1 Å². The van der Waals surface area contributed by atoms with Crippen LogP contribution in [0.2, 0.25) is 0 Å². The fraction of sp³-hybridized carbons (Fsp3) is 0.444. The van der Waals surface area contributed by atoms with Crippen LogP contribution < -0.4 is 0 Å². The minimum atomic E-state index is -0.961. The summed E-state index contributed by atoms with van der Waals surface area (Å²) in [5.74, 6) is -0.996. The number of amides is 1. The number of likely N-dealkylation sites (tertiary alicyclic amines) is 1. The van der Waals surface area contributed by atoms with Crippen molar-refractivity contribution in [3.63, 3.8) is 0 Å². The number of carboxylic acids is 1. The second kappa shape index (κ2) is 9.20. The first-order valence-corrected chi connectivity index (χ1v) is 8.01. The molecule has 1 saturated heterocycles. The topological polar surface area (TPSA) is 76.1 Å². The number of ether oxygens (including phenoxy) is 2. The fourth-order valence-electron chi connectivity index (χ4n) is 2.55. The molecule has 1 amide bonds. The van der Waals surface area contributed by atoms with Crippen molar-refractivity contribution < 1.29 is 24.2 Å². The van der Waals surface area contributed by atoms with Crippen LogP contribution in [0.1, 0.15) is 28.8 Å². The number of piperidine rings is 1. The lowest BCUT2D eigenvalue weighted by Crippen LogP contribution is -2.40. The van der Waals surface area contributed by atoms with Gasteiger partial charge >= 0.3 is 5.97 Å². The predicted octanol–water partition coefficient (Wildman–Crippen LogP) is 2.05. The van der Waals surface area contributed by atoms with Crippen LogP contribution in [-0.2, 0) is 14.3 Å². The van der Waals surface area contributed by atoms with Crippen molar-refractivity contribution in [2.45, 2.75) is 18.9 Å². The summed E-state index contributed by atoms with van der Waals surface area (Å²) in [7, 11) is 1.65. The van der Waals surface area contributed by atoms with Gasteiger partial charge in [0.05, 0.1) is 24.9 Å². The zero-order valence-corrected chi connectivity index (χ0v) is 13.8. The Morgan fingerprint density at radius 2 is 1.88 bits per heavy atom. The number of carboxylic acid groups (broad SMARTS) is 1. The highest BCUT2D eigenvalue weighted by Crippen LogP contribution is 2.14. The highest BCUT2D eigenvalue weighted by atomic mass is 16.5. The van der Waals surface area contributed by atoms with Gasteiger partial charge in [-0.2, -0.15) is 0 Å². The van der Waals surface area contributed by atoms with E-state index in [9.17, 15) is 9.59 Å². The molecule has 0 spiro atoms. The summed E-state index contributed by atoms with van der Waals surface area (Å²) < 4.78 is 10.6. The summed E-state index contributed by atoms with van der Waals surface area (Å²) in [6.07, 6.45) is 5.08. The van der Waals surface area contributed by atoms with Gasteiger partial charge in [-0.15, -0.1) is 0 Å². The maximum absolute atomic E-state index is 12.2. The van der Waals surface area contributed by atoms with Gasteiger partial charge in [0.15, 0.2) is 0 Å². The van der Waals surface area contributed by atoms with Crippen molar-refractivity contribution >= 4 is 18.0 Å². The van der Waals surface area contributed by atoms with Gasteiger partial charge in [-0.3, -0.25) is 4.79 Å². The Hall–Kier alpha value is -2.18. The van der Waals surface area contributed by atoms with Crippen molar-refractivity contribution in [1.82, 2.24) is 4.90 Å². The molecular formula is C18H23NO5. The van der Waals surface area contributed by atoms with E-state index >= 15 is 0 Å². The summed E-state index contributed by atoms with van der Waals surface area (Å²) in [4.78, 5) is 24.8. The van der Waals surface area contributed by atoms with Crippen LogP contribution in [-0.4, -0.2) is 61.4 Å². The summed E-state index contributed by atoms with van der Waals surface area (Å²) in [6.45, 7) is 2.53. The second-order valence-corrected chi connectivity index (χ2v) is 5.65. The van der Waals surface area contributed by atoms with Gasteiger partial charge in [0.25, 0.3) is 0 Å². The maximum Gasteiger partial charge on any atom is 0.335 e. The molecule has 0 saturated carbocycles. The van der Waals surface area contributed by atoms with Crippen LogP contribution in [0.25, 0.3) is 6.08 Å². The molecule has 24 heavy (non-hydrogen) atoms. The Labute approximate surface area is 141 Å². The monoisotopic (exact) mass is 333 g/mol. The van der Waals surface area contributed by atoms with Crippen LogP contribution in [0, 0.1) is 0 Å². The molecule has 0 bridgehead atoms. The maximum atomic E-state index is 12.2. The van der Waals surface area contributed by atoms with Crippen molar-refractivity contribution in [3.8, 4) is 0 Å². The standard InChI is InChI=1S/C18H23NO5/c1-23-12-13-24-16-8-10-19(11-9-16)17(20)7-4-14-2-5-15(6-3-14)18(21)22/h2-7,16H,8-13H2,1H3,(H,21,22). The van der Waals surface area contributed by atoms with Crippen LogP contribution in [0.4, 0.5) is 0 Å². The highest BCUT2D eigenvalue weighted by molar-refractivity contribution is 5.92. The van der Waals surface area contributed by atoms with E-state index < -0.39 is 5.97 Å². The quantitative estimate of drug-likeness (QED) is 0.610. The number of hydrogen-bond acceptors (Lipinski definition) is 4. The molecule has 0 aromatic heterocycles. The predicted molar refractivity (Wildman–Crippen MR) is 89.9 cm³/mol. The smallest absolute Gasteiger partial charge is 0.335 e. The lowest BCUT2D eigenvalue weighted by molar-refractivity contribution is -0.128. The number of hydrogen-bond donors (Lipinski definition) is 1. The molecule has 1 aliphatic heterocycles. The highest BCUT2D eigenvalue weighted by Gasteiger charge is 2.21. The van der Waals surface area contributed by atoms with Crippen molar-refractivity contribution in [1.29, 1.82) is 0 Å². The van der Waals surface area contributed by atoms with Crippen LogP contribution >= 0.6 is 0 Å². The molecule has 2 rings (SSSR count). The van der Waals surface area contributed by atoms with E-state index in [0.29, 0.717) is 26.3 Å². The molecule has 1 N–H and O–H groups in total. The van der Waals surface area contributed by atoms with Crippen LogP contribution in [0.5, 0.6) is 0 Å². The van der Waals surface area contributed by atoms with Crippen molar-refractivity contribution in [2.75, 3.05) is 33.4 Å². The molecule has 1 aliphatic rings. The number of aromatic carboxylic acids is 1. The molecule has 6 heteroatoms. The third kappa shape index (κ3) is 5.47. The number of methoxy groups -OCH3 is 1. The van der Waals surface area contributed by atoms with Crippen LogP contribution in [0.15, 0.2) is 30.3 Å². The average molecular weight is 333 g/mol. The molecule has 1 fully saturated rings. The molecule has 0 aliphatic carbocycles. The Morgan fingerprint density at radius 1 is 1.21 bits per heavy atom. The van der Waals surface area contributed by atoms with Crippen molar-refractivity contribution in [2.24, 2.45) is 0 Å². The Kier molecular flexibility index (Phi) is 6.96. The summed E-state index contributed by atoms with van der Waals surface area (Å²) in [5, 5.41) is 8.86. The minimum Gasteiger partial charge on any atom is -0.478 e. The van der Waals surface area contributed by atoms with Gasteiger partial charge in [-0.25, -0.2) is 4.79 Å². The fourth-order valence-corrected chi connectivity index (χ4v) is 2.55. The van der Waals surface area contributed by atoms with E-state index in [0.717, 1.165) is 18.4 Å². The number of rotatable bonds is 7. The molecule has 130 valence electrons. The first kappa shape index (κ1) is 18.2. The van der Waals surface area contributed by atoms with Crippen LogP contribution in [0.3, 0.4) is 0 Å². The van der Waals surface area contributed by atoms with E-state index in [1.807, 2.05) is 0 Å². The molecule has 1 heterocycles. The number of nitrogens with zero attached hydrogens (tertiary/aromatic N) is 1. The minimum absolute atomic E-state index is 0.0346. The SMILES string of the molecule is COCCOC1CCN(C(=O)C=Cc2ccc(C(=O)O)cc2)CC1. The van der Waals surface area contributed by atoms with Gasteiger partial charge in [0.1, 0.15) is 0 Å². The number of benzene rings is 1. The first-order valence-electron chi connectivity index (χ1n) is 8.01. The zero-order valence-electron chi connectivity index (χ0n) is 13.8. The van der Waals surface area contributed by atoms with Gasteiger partial charge in [-0.05, 0) is 36.6 Å². The van der Waals surface area contributed by atoms with E-state index in [1.165, 1.54) is 18.2 Å². The Bertz CT molecular complexity index is 574. The van der Waals surface area contributed by atoms with E-state index in [1.54, 1.807) is 30.2 Å². The third-order valence-corrected chi connectivity index (χ3v) is 3.97. The van der Waals surface area contributed by atoms with E-state index in [2.05, 4.69) is 0 Å². The number of carbonyl (C=O) groups is 2. The molecule has 1 aromatic rings. The lowest BCUT2D eigenvalue weighted by Gasteiger charge is -2.31. The average Bonchev–Trinajstić information content (AvgIpc) is 2.61. The Morgan fingerprint density at radius 3 is 2.46 bits per heavy atom. The van der Waals surface area contributed by atoms with Gasteiger partial charge in [0, 0.05) is 26.3 Å². The largest absolute Gasteiger partial charge is 0.478 e. The summed E-state index contributed by atoms with van der Waals surface area (Å²) in [5.41, 5.74) is 1.03. The number of carbonyl (C=O) groups excluding carboxylic acids is 1. The Balaban J connectivity index is 1.79. The lowest BCUT2D eigenvalue weighted by atomic mass is 10.1.